The maximum atomic E-state index is 6.17. The zero-order valence-electron chi connectivity index (χ0n) is 17.7. The van der Waals surface area contributed by atoms with Crippen molar-refractivity contribution in [3.63, 3.8) is 0 Å². The summed E-state index contributed by atoms with van der Waals surface area (Å²) in [5.74, 6) is 2.62. The van der Waals surface area contributed by atoms with Gasteiger partial charge in [-0.3, -0.25) is 5.43 Å². The Morgan fingerprint density at radius 1 is 0.812 bits per heavy atom. The molecule has 0 amide bonds. The number of anilines is 1. The average molecular weight is 423 g/mol. The number of para-hydroxylation sites is 2. The number of hydrogen-bond acceptors (Lipinski definition) is 6. The molecule has 1 N–H and O–H groups in total. The summed E-state index contributed by atoms with van der Waals surface area (Å²) in [5, 5.41) is 7.36. The van der Waals surface area contributed by atoms with Crippen molar-refractivity contribution >= 4 is 27.7 Å². The predicted octanol–water partition coefficient (Wildman–Crippen LogP) is 5.59. The predicted molar refractivity (Wildman–Crippen MR) is 126 cm³/mol. The molecular weight excluding hydrogens is 402 g/mol. The average Bonchev–Trinajstić information content (AvgIpc) is 2.86. The first-order valence-electron chi connectivity index (χ1n) is 10.2. The zero-order chi connectivity index (χ0) is 21.9. The number of rotatable bonds is 5. The SMILES string of the molecule is COc1ccc(-c2c/c(=N/Nc3ccc4ccccc4n3)c3ccccc3o2)cc1OC. The largest absolute Gasteiger partial charge is 0.493 e. The van der Waals surface area contributed by atoms with E-state index in [2.05, 4.69) is 15.5 Å². The fourth-order valence-electron chi connectivity index (χ4n) is 3.59. The van der Waals surface area contributed by atoms with E-state index in [0.717, 1.165) is 32.8 Å². The molecule has 0 saturated heterocycles. The summed E-state index contributed by atoms with van der Waals surface area (Å²) >= 11 is 0. The van der Waals surface area contributed by atoms with E-state index >= 15 is 0 Å². The molecule has 6 heteroatoms. The smallest absolute Gasteiger partial charge is 0.161 e. The molecule has 32 heavy (non-hydrogen) atoms. The van der Waals surface area contributed by atoms with E-state index in [9.17, 15) is 0 Å². The van der Waals surface area contributed by atoms with Gasteiger partial charge in [-0.05, 0) is 48.5 Å². The molecule has 0 aliphatic carbocycles. The molecule has 2 heterocycles. The monoisotopic (exact) mass is 423 g/mol. The second-order valence-corrected chi connectivity index (χ2v) is 7.17. The van der Waals surface area contributed by atoms with Crippen LogP contribution in [0.15, 0.2) is 94.4 Å². The summed E-state index contributed by atoms with van der Waals surface area (Å²) in [7, 11) is 3.22. The highest BCUT2D eigenvalue weighted by molar-refractivity contribution is 5.80. The molecule has 2 aromatic heterocycles. The van der Waals surface area contributed by atoms with E-state index in [-0.39, 0.29) is 0 Å². The molecular formula is C26H21N3O3. The summed E-state index contributed by atoms with van der Waals surface area (Å²) < 4.78 is 17.0. The quantitative estimate of drug-likeness (QED) is 0.373. The van der Waals surface area contributed by atoms with E-state index in [0.29, 0.717) is 23.1 Å². The van der Waals surface area contributed by atoms with Gasteiger partial charge in [0, 0.05) is 22.4 Å². The molecule has 0 fully saturated rings. The Kier molecular flexibility index (Phi) is 5.17. The maximum Gasteiger partial charge on any atom is 0.161 e. The summed E-state index contributed by atoms with van der Waals surface area (Å²) in [4.78, 5) is 4.63. The number of benzene rings is 3. The number of fused-ring (bicyclic) bond motifs is 2. The molecule has 3 aromatic carbocycles. The van der Waals surface area contributed by atoms with Gasteiger partial charge in [-0.15, -0.1) is 0 Å². The van der Waals surface area contributed by atoms with E-state index in [1.54, 1.807) is 14.2 Å². The van der Waals surface area contributed by atoms with Crippen molar-refractivity contribution in [1.82, 2.24) is 4.98 Å². The van der Waals surface area contributed by atoms with Crippen molar-refractivity contribution in [2.24, 2.45) is 5.10 Å². The second kappa shape index (κ2) is 8.43. The molecule has 0 bridgehead atoms. The van der Waals surface area contributed by atoms with Crippen LogP contribution in [-0.4, -0.2) is 19.2 Å². The molecule has 5 rings (SSSR count). The fourth-order valence-corrected chi connectivity index (χ4v) is 3.59. The number of methoxy groups -OCH3 is 2. The van der Waals surface area contributed by atoms with Crippen LogP contribution in [0.5, 0.6) is 11.5 Å². The Bertz CT molecular complexity index is 1490. The van der Waals surface area contributed by atoms with E-state index in [1.165, 1.54) is 0 Å². The summed E-state index contributed by atoms with van der Waals surface area (Å²) in [6.45, 7) is 0. The van der Waals surface area contributed by atoms with Crippen LogP contribution >= 0.6 is 0 Å². The normalized spacial score (nSPS) is 11.6. The standard InChI is InChI=1S/C26H21N3O3/c1-30-23-13-11-18(15-25(23)31-2)24-16-21(19-8-4-6-10-22(19)32-24)28-29-26-14-12-17-7-3-5-9-20(17)27-26/h3-16H,1-2H3,(H,27,29)/b28-21-. The van der Waals surface area contributed by atoms with Gasteiger partial charge in [0.2, 0.25) is 0 Å². The van der Waals surface area contributed by atoms with E-state index < -0.39 is 0 Å². The van der Waals surface area contributed by atoms with Gasteiger partial charge in [-0.2, -0.15) is 5.10 Å². The lowest BCUT2D eigenvalue weighted by Crippen LogP contribution is -2.08. The van der Waals surface area contributed by atoms with Crippen molar-refractivity contribution in [2.45, 2.75) is 0 Å². The highest BCUT2D eigenvalue weighted by atomic mass is 16.5. The molecule has 5 aromatic rings. The molecule has 0 saturated carbocycles. The van der Waals surface area contributed by atoms with Gasteiger partial charge in [-0.1, -0.05) is 30.3 Å². The van der Waals surface area contributed by atoms with Gasteiger partial charge in [-0.25, -0.2) is 4.98 Å². The zero-order valence-corrected chi connectivity index (χ0v) is 17.7. The minimum atomic E-state index is 0.630. The minimum Gasteiger partial charge on any atom is -0.493 e. The van der Waals surface area contributed by atoms with Crippen molar-refractivity contribution in [3.05, 3.63) is 90.3 Å². The van der Waals surface area contributed by atoms with Crippen LogP contribution in [0.25, 0.3) is 33.2 Å². The first-order chi connectivity index (χ1) is 15.7. The number of nitrogens with zero attached hydrogens (tertiary/aromatic N) is 2. The van der Waals surface area contributed by atoms with Gasteiger partial charge in [0.1, 0.15) is 17.2 Å². The van der Waals surface area contributed by atoms with Crippen LogP contribution in [-0.2, 0) is 0 Å². The van der Waals surface area contributed by atoms with Crippen molar-refractivity contribution < 1.29 is 13.9 Å². The van der Waals surface area contributed by atoms with Gasteiger partial charge in [0.05, 0.1) is 25.1 Å². The van der Waals surface area contributed by atoms with E-state index in [1.807, 2.05) is 84.9 Å². The molecule has 0 atom stereocenters. The minimum absolute atomic E-state index is 0.630. The van der Waals surface area contributed by atoms with Crippen LogP contribution in [0, 0.1) is 0 Å². The number of aromatic nitrogens is 1. The van der Waals surface area contributed by atoms with Gasteiger partial charge in [0.25, 0.3) is 0 Å². The number of hydrogen-bond donors (Lipinski definition) is 1. The molecule has 0 radical (unpaired) electrons. The number of pyridine rings is 1. The van der Waals surface area contributed by atoms with Crippen molar-refractivity contribution in [3.8, 4) is 22.8 Å². The molecule has 0 aliphatic rings. The van der Waals surface area contributed by atoms with Gasteiger partial charge >= 0.3 is 0 Å². The Balaban J connectivity index is 1.60. The lowest BCUT2D eigenvalue weighted by molar-refractivity contribution is 0.355. The lowest BCUT2D eigenvalue weighted by Gasteiger charge is -2.10. The van der Waals surface area contributed by atoms with E-state index in [4.69, 9.17) is 13.9 Å². The third kappa shape index (κ3) is 3.74. The summed E-state index contributed by atoms with van der Waals surface area (Å²) in [6.07, 6.45) is 0. The van der Waals surface area contributed by atoms with Crippen LogP contribution < -0.4 is 20.3 Å². The first-order valence-corrected chi connectivity index (χ1v) is 10.2. The third-order valence-electron chi connectivity index (χ3n) is 5.21. The maximum absolute atomic E-state index is 6.17. The Morgan fingerprint density at radius 3 is 2.50 bits per heavy atom. The number of ether oxygens (including phenoxy) is 2. The van der Waals surface area contributed by atoms with Gasteiger partial charge < -0.3 is 13.9 Å². The fraction of sp³-hybridized carbons (Fsp3) is 0.0769. The van der Waals surface area contributed by atoms with Crippen molar-refractivity contribution in [1.29, 1.82) is 0 Å². The molecule has 158 valence electrons. The highest BCUT2D eigenvalue weighted by Gasteiger charge is 2.10. The summed E-state index contributed by atoms with van der Waals surface area (Å²) in [6, 6.07) is 27.3. The van der Waals surface area contributed by atoms with Crippen LogP contribution in [0.1, 0.15) is 0 Å². The topological polar surface area (TPSA) is 68.9 Å². The second-order valence-electron chi connectivity index (χ2n) is 7.17. The molecule has 0 spiro atoms. The van der Waals surface area contributed by atoms with Crippen molar-refractivity contribution in [2.75, 3.05) is 19.6 Å². The third-order valence-corrected chi connectivity index (χ3v) is 5.21. The summed E-state index contributed by atoms with van der Waals surface area (Å²) in [5.41, 5.74) is 5.58. The molecule has 6 nitrogen and oxygen atoms in total. The Hall–Kier alpha value is -4.32. The Labute approximate surface area is 184 Å². The van der Waals surface area contributed by atoms with Gasteiger partial charge in [0.15, 0.2) is 11.5 Å². The lowest BCUT2D eigenvalue weighted by atomic mass is 10.1. The molecule has 0 aliphatic heterocycles. The van der Waals surface area contributed by atoms with Crippen LogP contribution in [0.4, 0.5) is 5.82 Å². The van der Waals surface area contributed by atoms with Crippen LogP contribution in [0.3, 0.4) is 0 Å². The molecule has 0 unspecified atom stereocenters. The first kappa shape index (κ1) is 19.6. The Morgan fingerprint density at radius 2 is 1.62 bits per heavy atom. The number of nitrogens with one attached hydrogen (secondary N) is 1. The highest BCUT2D eigenvalue weighted by Crippen LogP contribution is 2.32. The van der Waals surface area contributed by atoms with Crippen LogP contribution in [0.2, 0.25) is 0 Å².